The number of hydrogen-bond donors (Lipinski definition) is 2. The summed E-state index contributed by atoms with van der Waals surface area (Å²) >= 11 is 0. The number of aryl methyl sites for hydroxylation is 1. The molecule has 23 heavy (non-hydrogen) atoms. The van der Waals surface area contributed by atoms with E-state index in [1.165, 1.54) is 0 Å². The molecule has 1 aliphatic carbocycles. The quantitative estimate of drug-likeness (QED) is 0.902. The highest BCUT2D eigenvalue weighted by atomic mass is 16.4. The second kappa shape index (κ2) is 6.24. The lowest BCUT2D eigenvalue weighted by molar-refractivity contribution is -0.135. The molecule has 1 amide bonds. The normalized spacial score (nSPS) is 16.7. The van der Waals surface area contributed by atoms with Gasteiger partial charge in [-0.25, -0.2) is 4.79 Å². The van der Waals surface area contributed by atoms with Gasteiger partial charge in [0, 0.05) is 25.2 Å². The van der Waals surface area contributed by atoms with Crippen LogP contribution in [-0.4, -0.2) is 39.1 Å². The summed E-state index contributed by atoms with van der Waals surface area (Å²) in [6.07, 6.45) is 4.22. The number of carbonyl (C=O) groups is 2. The van der Waals surface area contributed by atoms with Gasteiger partial charge in [-0.2, -0.15) is 5.10 Å². The summed E-state index contributed by atoms with van der Waals surface area (Å²) in [5, 5.41) is 15.9. The molecule has 1 aromatic carbocycles. The third-order valence-corrected chi connectivity index (χ3v) is 4.36. The molecule has 6 nitrogen and oxygen atoms in total. The molecular formula is C17H19N3O3. The maximum absolute atomic E-state index is 12.6. The third kappa shape index (κ3) is 3.26. The number of benzene rings is 1. The fourth-order valence-electron chi connectivity index (χ4n) is 3.04. The van der Waals surface area contributed by atoms with Crippen molar-refractivity contribution in [1.29, 1.82) is 0 Å². The van der Waals surface area contributed by atoms with Crippen LogP contribution in [0.5, 0.6) is 0 Å². The lowest BCUT2D eigenvalue weighted by Gasteiger charge is -2.26. The van der Waals surface area contributed by atoms with Crippen molar-refractivity contribution >= 4 is 11.9 Å². The van der Waals surface area contributed by atoms with Crippen molar-refractivity contribution in [3.05, 3.63) is 52.8 Å². The van der Waals surface area contributed by atoms with Crippen LogP contribution in [-0.2, 0) is 24.2 Å². The number of aromatic carboxylic acids is 1. The fourth-order valence-corrected chi connectivity index (χ4v) is 3.04. The van der Waals surface area contributed by atoms with Crippen LogP contribution >= 0.6 is 0 Å². The van der Waals surface area contributed by atoms with Crippen LogP contribution in [0.4, 0.5) is 0 Å². The molecule has 0 spiro atoms. The number of hydrogen-bond acceptors (Lipinski definition) is 3. The number of carboxylic acid groups (broad SMARTS) is 1. The van der Waals surface area contributed by atoms with Crippen LogP contribution in [0, 0.1) is 5.92 Å². The van der Waals surface area contributed by atoms with Gasteiger partial charge in [-0.1, -0.05) is 12.1 Å². The van der Waals surface area contributed by atoms with E-state index in [0.717, 1.165) is 36.1 Å². The molecule has 6 heteroatoms. The Morgan fingerprint density at radius 2 is 2.09 bits per heavy atom. The molecule has 3 rings (SSSR count). The van der Waals surface area contributed by atoms with Crippen molar-refractivity contribution < 1.29 is 14.7 Å². The molecule has 1 atom stereocenters. The first-order valence-electron chi connectivity index (χ1n) is 7.63. The number of amides is 1. The molecular weight excluding hydrogens is 294 g/mol. The molecule has 1 unspecified atom stereocenters. The van der Waals surface area contributed by atoms with Crippen LogP contribution in [0.1, 0.15) is 33.6 Å². The first kappa shape index (κ1) is 15.3. The summed E-state index contributed by atoms with van der Waals surface area (Å²) in [5.41, 5.74) is 3.45. The fraction of sp³-hybridized carbons (Fsp3) is 0.353. The van der Waals surface area contributed by atoms with E-state index in [0.29, 0.717) is 6.54 Å². The summed E-state index contributed by atoms with van der Waals surface area (Å²) in [6.45, 7) is 0.480. The third-order valence-electron chi connectivity index (χ3n) is 4.36. The molecule has 0 radical (unpaired) electrons. The molecule has 1 aromatic heterocycles. The van der Waals surface area contributed by atoms with Gasteiger partial charge < -0.3 is 10.0 Å². The van der Waals surface area contributed by atoms with Crippen LogP contribution in [0.3, 0.4) is 0 Å². The molecule has 0 saturated carbocycles. The Kier molecular flexibility index (Phi) is 4.14. The first-order chi connectivity index (χ1) is 11.0. The van der Waals surface area contributed by atoms with Gasteiger partial charge in [0.25, 0.3) is 0 Å². The van der Waals surface area contributed by atoms with Gasteiger partial charge in [0.1, 0.15) is 0 Å². The Labute approximate surface area is 134 Å². The van der Waals surface area contributed by atoms with Gasteiger partial charge in [0.05, 0.1) is 11.8 Å². The Balaban J connectivity index is 1.63. The number of aromatic nitrogens is 2. The second-order valence-corrected chi connectivity index (χ2v) is 6.01. The molecule has 2 aromatic rings. The molecule has 2 N–H and O–H groups in total. The minimum Gasteiger partial charge on any atom is -0.478 e. The Bertz CT molecular complexity index is 721. The van der Waals surface area contributed by atoms with Gasteiger partial charge >= 0.3 is 5.97 Å². The largest absolute Gasteiger partial charge is 0.478 e. The zero-order chi connectivity index (χ0) is 16.4. The van der Waals surface area contributed by atoms with Crippen molar-refractivity contribution in [2.45, 2.75) is 25.8 Å². The molecule has 0 aliphatic heterocycles. The number of nitrogens with one attached hydrogen (secondary N) is 1. The van der Waals surface area contributed by atoms with Crippen molar-refractivity contribution in [2.24, 2.45) is 5.92 Å². The summed E-state index contributed by atoms with van der Waals surface area (Å²) in [4.78, 5) is 25.2. The van der Waals surface area contributed by atoms with Crippen LogP contribution in [0.2, 0.25) is 0 Å². The van der Waals surface area contributed by atoms with E-state index in [-0.39, 0.29) is 17.4 Å². The second-order valence-electron chi connectivity index (χ2n) is 6.01. The first-order valence-corrected chi connectivity index (χ1v) is 7.63. The minimum atomic E-state index is -0.945. The maximum Gasteiger partial charge on any atom is 0.335 e. The van der Waals surface area contributed by atoms with Gasteiger partial charge in [-0.3, -0.25) is 9.89 Å². The number of H-pyrrole nitrogens is 1. The summed E-state index contributed by atoms with van der Waals surface area (Å²) in [7, 11) is 1.79. The highest BCUT2D eigenvalue weighted by Crippen LogP contribution is 2.25. The van der Waals surface area contributed by atoms with E-state index in [1.807, 2.05) is 0 Å². The average molecular weight is 313 g/mol. The summed E-state index contributed by atoms with van der Waals surface area (Å²) < 4.78 is 0. The smallest absolute Gasteiger partial charge is 0.335 e. The van der Waals surface area contributed by atoms with E-state index in [9.17, 15) is 9.59 Å². The van der Waals surface area contributed by atoms with E-state index >= 15 is 0 Å². The molecule has 0 saturated heterocycles. The zero-order valence-electron chi connectivity index (χ0n) is 13.0. The number of aromatic amines is 1. The van der Waals surface area contributed by atoms with E-state index in [1.54, 1.807) is 42.4 Å². The standard InChI is InChI=1S/C17H19N3O3/c1-20(10-11-2-4-12(5-3-11)17(22)23)16(21)13-6-7-15-14(8-13)9-18-19-15/h2-5,9,13H,6-8,10H2,1H3,(H,18,19)(H,22,23). The lowest BCUT2D eigenvalue weighted by atomic mass is 9.87. The van der Waals surface area contributed by atoms with E-state index in [4.69, 9.17) is 5.11 Å². The highest BCUT2D eigenvalue weighted by Gasteiger charge is 2.27. The lowest BCUT2D eigenvalue weighted by Crippen LogP contribution is -2.35. The Morgan fingerprint density at radius 3 is 2.78 bits per heavy atom. The summed E-state index contributed by atoms with van der Waals surface area (Å²) in [6, 6.07) is 6.63. The highest BCUT2D eigenvalue weighted by molar-refractivity contribution is 5.87. The van der Waals surface area contributed by atoms with Crippen molar-refractivity contribution in [2.75, 3.05) is 7.05 Å². The average Bonchev–Trinajstić information content (AvgIpc) is 3.02. The minimum absolute atomic E-state index is 0.0107. The van der Waals surface area contributed by atoms with E-state index in [2.05, 4.69) is 10.2 Å². The molecule has 0 bridgehead atoms. The molecule has 120 valence electrons. The van der Waals surface area contributed by atoms with Gasteiger partial charge in [-0.05, 0) is 42.5 Å². The monoisotopic (exact) mass is 313 g/mol. The predicted octanol–water partition coefficient (Wildman–Crippen LogP) is 1.87. The van der Waals surface area contributed by atoms with Crippen LogP contribution in [0.25, 0.3) is 0 Å². The maximum atomic E-state index is 12.6. The number of carbonyl (C=O) groups excluding carboxylic acids is 1. The number of rotatable bonds is 4. The topological polar surface area (TPSA) is 86.3 Å². The van der Waals surface area contributed by atoms with Gasteiger partial charge in [-0.15, -0.1) is 0 Å². The Morgan fingerprint density at radius 1 is 1.35 bits per heavy atom. The number of fused-ring (bicyclic) bond motifs is 1. The van der Waals surface area contributed by atoms with Gasteiger partial charge in [0.2, 0.25) is 5.91 Å². The summed E-state index contributed by atoms with van der Waals surface area (Å²) in [5.74, 6) is -0.832. The molecule has 1 heterocycles. The van der Waals surface area contributed by atoms with Crippen molar-refractivity contribution in [3.63, 3.8) is 0 Å². The SMILES string of the molecule is CN(Cc1ccc(C(=O)O)cc1)C(=O)C1CCc2[nH]ncc2C1. The Hall–Kier alpha value is -2.63. The number of carboxylic acids is 1. The van der Waals surface area contributed by atoms with Crippen molar-refractivity contribution in [3.8, 4) is 0 Å². The van der Waals surface area contributed by atoms with Gasteiger partial charge in [0.15, 0.2) is 0 Å². The molecule has 1 aliphatic rings. The van der Waals surface area contributed by atoms with E-state index < -0.39 is 5.97 Å². The van der Waals surface area contributed by atoms with Crippen LogP contribution < -0.4 is 0 Å². The molecule has 0 fully saturated rings. The zero-order valence-corrected chi connectivity index (χ0v) is 13.0. The predicted molar refractivity (Wildman–Crippen MR) is 84.0 cm³/mol. The van der Waals surface area contributed by atoms with Crippen molar-refractivity contribution in [1.82, 2.24) is 15.1 Å². The van der Waals surface area contributed by atoms with Crippen LogP contribution in [0.15, 0.2) is 30.5 Å². The number of nitrogens with zero attached hydrogens (tertiary/aromatic N) is 2.